The fourth-order valence-corrected chi connectivity index (χ4v) is 2.23. The number of hydrogen-bond acceptors (Lipinski definition) is 4. The van der Waals surface area contributed by atoms with Crippen molar-refractivity contribution in [1.82, 2.24) is 0 Å². The number of rotatable bonds is 5. The first-order chi connectivity index (χ1) is 10.0. The minimum absolute atomic E-state index is 0.0840. The Balaban J connectivity index is 2.17. The van der Waals surface area contributed by atoms with Crippen LogP contribution in [-0.2, 0) is 13.2 Å². The van der Waals surface area contributed by atoms with Gasteiger partial charge in [0, 0.05) is 18.2 Å². The third kappa shape index (κ3) is 3.51. The molecule has 5 nitrogen and oxygen atoms in total. The largest absolute Gasteiger partial charge is 0.487 e. The molecule has 0 spiro atoms. The number of halogens is 1. The lowest BCUT2D eigenvalue weighted by atomic mass is 10.1. The molecule has 0 bridgehead atoms. The molecule has 0 fully saturated rings. The summed E-state index contributed by atoms with van der Waals surface area (Å²) in [7, 11) is 0. The third-order valence-electron chi connectivity index (χ3n) is 3.23. The van der Waals surface area contributed by atoms with Crippen LogP contribution in [0.25, 0.3) is 0 Å². The van der Waals surface area contributed by atoms with Crippen molar-refractivity contribution < 1.29 is 9.66 Å². The average Bonchev–Trinajstić information content (AvgIpc) is 2.46. The number of nitrogens with zero attached hydrogens (tertiary/aromatic N) is 1. The van der Waals surface area contributed by atoms with Gasteiger partial charge in [-0.3, -0.25) is 10.1 Å². The predicted octanol–water partition coefficient (Wildman–Crippen LogP) is 3.59. The van der Waals surface area contributed by atoms with Gasteiger partial charge in [0.25, 0.3) is 5.69 Å². The van der Waals surface area contributed by atoms with Crippen LogP contribution in [-0.4, -0.2) is 4.92 Å². The van der Waals surface area contributed by atoms with Crippen molar-refractivity contribution in [3.05, 3.63) is 68.2 Å². The summed E-state index contributed by atoms with van der Waals surface area (Å²) in [4.78, 5) is 10.5. The van der Waals surface area contributed by atoms with Crippen molar-refractivity contribution in [3.8, 4) is 5.75 Å². The van der Waals surface area contributed by atoms with E-state index in [1.165, 1.54) is 6.07 Å². The van der Waals surface area contributed by atoms with Crippen LogP contribution in [0.1, 0.15) is 16.7 Å². The van der Waals surface area contributed by atoms with Gasteiger partial charge in [0.15, 0.2) is 0 Å². The lowest BCUT2D eigenvalue weighted by Crippen LogP contribution is -2.02. The number of benzene rings is 2. The van der Waals surface area contributed by atoms with Crippen LogP contribution in [0.4, 0.5) is 5.69 Å². The normalized spacial score (nSPS) is 10.4. The highest BCUT2D eigenvalue weighted by atomic mass is 35.5. The van der Waals surface area contributed by atoms with Gasteiger partial charge >= 0.3 is 0 Å². The maximum Gasteiger partial charge on any atom is 0.272 e. The van der Waals surface area contributed by atoms with Crippen LogP contribution in [0.3, 0.4) is 0 Å². The Labute approximate surface area is 127 Å². The van der Waals surface area contributed by atoms with Gasteiger partial charge in [-0.15, -0.1) is 0 Å². The topological polar surface area (TPSA) is 78.4 Å². The first-order valence-corrected chi connectivity index (χ1v) is 6.75. The minimum Gasteiger partial charge on any atom is -0.487 e. The Morgan fingerprint density at radius 3 is 2.71 bits per heavy atom. The molecule has 0 amide bonds. The van der Waals surface area contributed by atoms with E-state index in [9.17, 15) is 10.1 Å². The quantitative estimate of drug-likeness (QED) is 0.676. The number of nitro groups is 1. The van der Waals surface area contributed by atoms with E-state index in [0.717, 1.165) is 11.1 Å². The molecule has 0 aromatic heterocycles. The monoisotopic (exact) mass is 306 g/mol. The second kappa shape index (κ2) is 6.56. The van der Waals surface area contributed by atoms with E-state index in [2.05, 4.69) is 0 Å². The molecule has 0 aliphatic rings. The summed E-state index contributed by atoms with van der Waals surface area (Å²) in [5.41, 5.74) is 7.88. The minimum atomic E-state index is -0.401. The molecule has 2 rings (SSSR count). The van der Waals surface area contributed by atoms with Crippen molar-refractivity contribution in [2.24, 2.45) is 5.73 Å². The molecule has 6 heteroatoms. The van der Waals surface area contributed by atoms with Crippen LogP contribution >= 0.6 is 11.6 Å². The molecule has 2 aromatic rings. The highest BCUT2D eigenvalue weighted by molar-refractivity contribution is 6.32. The van der Waals surface area contributed by atoms with E-state index in [0.29, 0.717) is 22.9 Å². The molecule has 0 unspecified atom stereocenters. The van der Waals surface area contributed by atoms with Gasteiger partial charge in [-0.1, -0.05) is 29.8 Å². The zero-order valence-corrected chi connectivity index (χ0v) is 12.3. The zero-order valence-electron chi connectivity index (χ0n) is 11.5. The molecule has 2 aromatic carbocycles. The van der Waals surface area contributed by atoms with Crippen LogP contribution in [0.2, 0.25) is 5.02 Å². The van der Waals surface area contributed by atoms with E-state index in [-0.39, 0.29) is 12.3 Å². The fraction of sp³-hybridized carbons (Fsp3) is 0.200. The van der Waals surface area contributed by atoms with E-state index in [1.807, 2.05) is 6.07 Å². The Hall–Kier alpha value is -2.11. The Morgan fingerprint density at radius 2 is 2.10 bits per heavy atom. The number of ether oxygens (including phenoxy) is 1. The van der Waals surface area contributed by atoms with Crippen LogP contribution in [0.5, 0.6) is 5.75 Å². The van der Waals surface area contributed by atoms with Crippen molar-refractivity contribution in [3.63, 3.8) is 0 Å². The smallest absolute Gasteiger partial charge is 0.272 e. The van der Waals surface area contributed by atoms with Gasteiger partial charge in [0.05, 0.1) is 9.95 Å². The van der Waals surface area contributed by atoms with Gasteiger partial charge < -0.3 is 10.5 Å². The second-order valence-electron chi connectivity index (χ2n) is 4.58. The SMILES string of the molecule is Cc1c(COc2ccc(CN)cc2Cl)cccc1[N+](=O)[O-]. The van der Waals surface area contributed by atoms with E-state index >= 15 is 0 Å². The van der Waals surface area contributed by atoms with Gasteiger partial charge in [0.2, 0.25) is 0 Å². The van der Waals surface area contributed by atoms with E-state index in [4.69, 9.17) is 22.1 Å². The molecule has 0 heterocycles. The molecule has 0 saturated carbocycles. The Bertz CT molecular complexity index is 674. The molecule has 0 aliphatic heterocycles. The summed E-state index contributed by atoms with van der Waals surface area (Å²) in [5, 5.41) is 11.4. The Kier molecular flexibility index (Phi) is 4.77. The maximum atomic E-state index is 10.9. The lowest BCUT2D eigenvalue weighted by Gasteiger charge is -2.11. The molecule has 0 aliphatic carbocycles. The van der Waals surface area contributed by atoms with Crippen molar-refractivity contribution in [2.75, 3.05) is 0 Å². The first kappa shape index (κ1) is 15.3. The third-order valence-corrected chi connectivity index (χ3v) is 3.52. The standard InChI is InChI=1S/C15H15ClN2O3/c1-10-12(3-2-4-14(10)18(19)20)9-21-15-6-5-11(8-17)7-13(15)16/h2-7H,8-9,17H2,1H3. The lowest BCUT2D eigenvalue weighted by molar-refractivity contribution is -0.385. The highest BCUT2D eigenvalue weighted by Gasteiger charge is 2.13. The highest BCUT2D eigenvalue weighted by Crippen LogP contribution is 2.27. The number of nitro benzene ring substituents is 1. The van der Waals surface area contributed by atoms with Crippen LogP contribution < -0.4 is 10.5 Å². The molecule has 2 N–H and O–H groups in total. The predicted molar refractivity (Wildman–Crippen MR) is 81.5 cm³/mol. The average molecular weight is 307 g/mol. The van der Waals surface area contributed by atoms with Gasteiger partial charge in [-0.25, -0.2) is 0 Å². The van der Waals surface area contributed by atoms with Gasteiger partial charge in [0.1, 0.15) is 12.4 Å². The second-order valence-corrected chi connectivity index (χ2v) is 4.98. The van der Waals surface area contributed by atoms with Gasteiger partial charge in [-0.05, 0) is 30.2 Å². The fourth-order valence-electron chi connectivity index (χ4n) is 1.97. The zero-order chi connectivity index (χ0) is 15.4. The molecule has 21 heavy (non-hydrogen) atoms. The van der Waals surface area contributed by atoms with Crippen molar-refractivity contribution >= 4 is 17.3 Å². The van der Waals surface area contributed by atoms with Crippen LogP contribution in [0.15, 0.2) is 36.4 Å². The molecule has 110 valence electrons. The molecular weight excluding hydrogens is 292 g/mol. The summed E-state index contributed by atoms with van der Waals surface area (Å²) >= 11 is 6.11. The van der Waals surface area contributed by atoms with Crippen molar-refractivity contribution in [1.29, 1.82) is 0 Å². The molecular formula is C15H15ClN2O3. The number of hydrogen-bond donors (Lipinski definition) is 1. The van der Waals surface area contributed by atoms with E-state index < -0.39 is 4.92 Å². The summed E-state index contributed by atoms with van der Waals surface area (Å²) in [6.45, 7) is 2.33. The van der Waals surface area contributed by atoms with Crippen LogP contribution in [0, 0.1) is 17.0 Å². The van der Waals surface area contributed by atoms with Gasteiger partial charge in [-0.2, -0.15) is 0 Å². The Morgan fingerprint density at radius 1 is 1.33 bits per heavy atom. The van der Waals surface area contributed by atoms with Crippen molar-refractivity contribution in [2.45, 2.75) is 20.1 Å². The van der Waals surface area contributed by atoms with E-state index in [1.54, 1.807) is 31.2 Å². The first-order valence-electron chi connectivity index (χ1n) is 6.37. The summed E-state index contributed by atoms with van der Waals surface area (Å²) < 4.78 is 5.64. The summed E-state index contributed by atoms with van der Waals surface area (Å²) in [5.74, 6) is 0.528. The molecule has 0 atom stereocenters. The molecule has 0 radical (unpaired) electrons. The maximum absolute atomic E-state index is 10.9. The molecule has 0 saturated heterocycles. The summed E-state index contributed by atoms with van der Waals surface area (Å²) in [6.07, 6.45) is 0. The number of nitrogens with two attached hydrogens (primary N) is 1. The summed E-state index contributed by atoms with van der Waals surface area (Å²) in [6, 6.07) is 10.2.